The van der Waals surface area contributed by atoms with Crippen molar-refractivity contribution >= 4 is 11.6 Å². The van der Waals surface area contributed by atoms with Crippen molar-refractivity contribution in [2.75, 3.05) is 6.61 Å². The molecule has 0 heterocycles. The van der Waals surface area contributed by atoms with E-state index in [9.17, 15) is 4.39 Å². The van der Waals surface area contributed by atoms with Crippen molar-refractivity contribution < 1.29 is 9.13 Å². The fourth-order valence-corrected chi connectivity index (χ4v) is 2.10. The Morgan fingerprint density at radius 2 is 1.74 bits per heavy atom. The zero-order valence-electron chi connectivity index (χ0n) is 10.8. The molecule has 2 rings (SSSR count). The van der Waals surface area contributed by atoms with Gasteiger partial charge in [-0.15, -0.1) is 11.6 Å². The lowest BCUT2D eigenvalue weighted by Gasteiger charge is -2.07. The van der Waals surface area contributed by atoms with Gasteiger partial charge in [-0.3, -0.25) is 0 Å². The second-order valence-electron chi connectivity index (χ2n) is 4.31. The Balaban J connectivity index is 2.16. The summed E-state index contributed by atoms with van der Waals surface area (Å²) in [4.78, 5) is 0. The number of hydrogen-bond acceptors (Lipinski definition) is 1. The Kier molecular flexibility index (Phi) is 4.80. The fraction of sp³-hybridized carbons (Fsp3) is 0.250. The molecule has 0 spiro atoms. The molecule has 0 saturated heterocycles. The van der Waals surface area contributed by atoms with Crippen molar-refractivity contribution in [1.82, 2.24) is 0 Å². The average molecular weight is 279 g/mol. The number of hydrogen-bond donors (Lipinski definition) is 0. The topological polar surface area (TPSA) is 9.23 Å². The van der Waals surface area contributed by atoms with Crippen LogP contribution in [0.2, 0.25) is 0 Å². The van der Waals surface area contributed by atoms with Gasteiger partial charge in [0.05, 0.1) is 6.61 Å². The van der Waals surface area contributed by atoms with Crippen LogP contribution in [-0.4, -0.2) is 6.61 Å². The van der Waals surface area contributed by atoms with Crippen LogP contribution in [0.5, 0.6) is 5.75 Å². The van der Waals surface area contributed by atoms with Gasteiger partial charge in [-0.05, 0) is 41.8 Å². The summed E-state index contributed by atoms with van der Waals surface area (Å²) in [5.74, 6) is 1.04. The molecule has 2 aromatic rings. The van der Waals surface area contributed by atoms with Crippen molar-refractivity contribution in [2.45, 2.75) is 19.2 Å². The van der Waals surface area contributed by atoms with Gasteiger partial charge in [-0.2, -0.15) is 0 Å². The van der Waals surface area contributed by atoms with Gasteiger partial charge in [0.1, 0.15) is 11.6 Å². The summed E-state index contributed by atoms with van der Waals surface area (Å²) >= 11 is 5.77. The van der Waals surface area contributed by atoms with E-state index in [1.54, 1.807) is 6.07 Å². The van der Waals surface area contributed by atoms with Gasteiger partial charge < -0.3 is 4.74 Å². The lowest BCUT2D eigenvalue weighted by molar-refractivity contribution is 0.340. The van der Waals surface area contributed by atoms with Crippen LogP contribution in [-0.2, 0) is 12.3 Å². The highest BCUT2D eigenvalue weighted by atomic mass is 35.5. The minimum atomic E-state index is -0.192. The highest BCUT2D eigenvalue weighted by Crippen LogP contribution is 2.19. The third-order valence-electron chi connectivity index (χ3n) is 2.89. The van der Waals surface area contributed by atoms with Gasteiger partial charge in [0.15, 0.2) is 0 Å². The lowest BCUT2D eigenvalue weighted by Crippen LogP contribution is -1.95. The molecule has 0 saturated carbocycles. The van der Waals surface area contributed by atoms with Crippen LogP contribution >= 0.6 is 11.6 Å². The molecule has 0 aliphatic heterocycles. The van der Waals surface area contributed by atoms with Crippen LogP contribution in [0.15, 0.2) is 42.5 Å². The minimum Gasteiger partial charge on any atom is -0.494 e. The fourth-order valence-electron chi connectivity index (χ4n) is 1.94. The Morgan fingerprint density at radius 3 is 2.37 bits per heavy atom. The molecule has 0 fully saturated rings. The monoisotopic (exact) mass is 278 g/mol. The summed E-state index contributed by atoms with van der Waals surface area (Å²) in [5, 5.41) is 0. The predicted octanol–water partition coefficient (Wildman–Crippen LogP) is 4.55. The summed E-state index contributed by atoms with van der Waals surface area (Å²) in [5.41, 5.74) is 2.65. The minimum absolute atomic E-state index is 0.192. The number of alkyl halides is 1. The largest absolute Gasteiger partial charge is 0.494 e. The van der Waals surface area contributed by atoms with E-state index in [0.717, 1.165) is 16.9 Å². The van der Waals surface area contributed by atoms with Crippen LogP contribution < -0.4 is 4.74 Å². The quantitative estimate of drug-likeness (QED) is 0.729. The van der Waals surface area contributed by atoms with E-state index < -0.39 is 0 Å². The first kappa shape index (κ1) is 13.9. The summed E-state index contributed by atoms with van der Waals surface area (Å²) in [6.07, 6.45) is 0.558. The van der Waals surface area contributed by atoms with E-state index in [0.29, 0.717) is 24.5 Å². The summed E-state index contributed by atoms with van der Waals surface area (Å²) in [6, 6.07) is 12.7. The highest BCUT2D eigenvalue weighted by molar-refractivity contribution is 6.17. The molecular formula is C16H16ClFO. The molecule has 0 aromatic heterocycles. The summed E-state index contributed by atoms with van der Waals surface area (Å²) < 4.78 is 19.1. The molecule has 1 nitrogen and oxygen atoms in total. The van der Waals surface area contributed by atoms with E-state index in [1.165, 1.54) is 6.07 Å². The van der Waals surface area contributed by atoms with Gasteiger partial charge in [-0.25, -0.2) is 4.39 Å². The Bertz CT molecular complexity index is 537. The average Bonchev–Trinajstić information content (AvgIpc) is 2.44. The van der Waals surface area contributed by atoms with Crippen molar-refractivity contribution in [2.24, 2.45) is 0 Å². The first-order valence-electron chi connectivity index (χ1n) is 6.28. The molecule has 3 heteroatoms. The van der Waals surface area contributed by atoms with Crippen molar-refractivity contribution in [3.63, 3.8) is 0 Å². The summed E-state index contributed by atoms with van der Waals surface area (Å²) in [7, 11) is 0. The first-order chi connectivity index (χ1) is 9.22. The van der Waals surface area contributed by atoms with E-state index in [4.69, 9.17) is 16.3 Å². The summed E-state index contributed by atoms with van der Waals surface area (Å²) in [6.45, 7) is 2.59. The van der Waals surface area contributed by atoms with Crippen LogP contribution in [0, 0.1) is 5.82 Å². The Morgan fingerprint density at radius 1 is 1.05 bits per heavy atom. The molecule has 0 radical (unpaired) electrons. The predicted molar refractivity (Wildman–Crippen MR) is 76.4 cm³/mol. The standard InChI is InChI=1S/C16H16ClFO/c1-2-19-15-6-3-12(4-7-15)9-14-10-13(11-17)5-8-16(14)18/h3-8,10H,2,9,11H2,1H3. The van der Waals surface area contributed by atoms with Gasteiger partial charge in [-0.1, -0.05) is 24.3 Å². The normalized spacial score (nSPS) is 10.5. The lowest BCUT2D eigenvalue weighted by atomic mass is 10.0. The smallest absolute Gasteiger partial charge is 0.126 e. The molecule has 0 aliphatic carbocycles. The van der Waals surface area contributed by atoms with Gasteiger partial charge in [0.2, 0.25) is 0 Å². The maximum atomic E-state index is 13.7. The van der Waals surface area contributed by atoms with Crippen LogP contribution in [0.4, 0.5) is 4.39 Å². The second kappa shape index (κ2) is 6.58. The number of rotatable bonds is 5. The third kappa shape index (κ3) is 3.71. The SMILES string of the molecule is CCOc1ccc(Cc2cc(CCl)ccc2F)cc1. The Hall–Kier alpha value is -1.54. The number of benzene rings is 2. The highest BCUT2D eigenvalue weighted by Gasteiger charge is 2.05. The molecule has 2 aromatic carbocycles. The molecule has 0 N–H and O–H groups in total. The second-order valence-corrected chi connectivity index (χ2v) is 4.58. The molecule has 19 heavy (non-hydrogen) atoms. The van der Waals surface area contributed by atoms with Crippen LogP contribution in [0.25, 0.3) is 0 Å². The molecule has 0 unspecified atom stereocenters. The van der Waals surface area contributed by atoms with E-state index >= 15 is 0 Å². The van der Waals surface area contributed by atoms with Gasteiger partial charge >= 0.3 is 0 Å². The van der Waals surface area contributed by atoms with Gasteiger partial charge in [0.25, 0.3) is 0 Å². The molecule has 0 amide bonds. The maximum absolute atomic E-state index is 13.7. The van der Waals surface area contributed by atoms with E-state index in [1.807, 2.05) is 37.3 Å². The molecular weight excluding hydrogens is 263 g/mol. The van der Waals surface area contributed by atoms with Crippen molar-refractivity contribution in [1.29, 1.82) is 0 Å². The first-order valence-corrected chi connectivity index (χ1v) is 6.81. The van der Waals surface area contributed by atoms with Gasteiger partial charge in [0, 0.05) is 12.3 Å². The maximum Gasteiger partial charge on any atom is 0.126 e. The third-order valence-corrected chi connectivity index (χ3v) is 3.20. The van der Waals surface area contributed by atoms with Crippen molar-refractivity contribution in [3.8, 4) is 5.75 Å². The van der Waals surface area contributed by atoms with E-state index in [-0.39, 0.29) is 5.82 Å². The van der Waals surface area contributed by atoms with Crippen LogP contribution in [0.1, 0.15) is 23.6 Å². The molecule has 100 valence electrons. The molecule has 0 bridgehead atoms. The number of halogens is 2. The zero-order valence-corrected chi connectivity index (χ0v) is 11.6. The van der Waals surface area contributed by atoms with Crippen molar-refractivity contribution in [3.05, 3.63) is 65.0 Å². The number of ether oxygens (including phenoxy) is 1. The molecule has 0 aliphatic rings. The van der Waals surface area contributed by atoms with E-state index in [2.05, 4.69) is 0 Å². The Labute approximate surface area is 118 Å². The van der Waals surface area contributed by atoms with Crippen LogP contribution in [0.3, 0.4) is 0 Å². The zero-order chi connectivity index (χ0) is 13.7. The molecule has 0 atom stereocenters.